The third-order valence-electron chi connectivity index (χ3n) is 2.59. The first-order chi connectivity index (χ1) is 7.20. The van der Waals surface area contributed by atoms with Gasteiger partial charge in [-0.05, 0) is 41.0 Å². The third kappa shape index (κ3) is 2.15. The van der Waals surface area contributed by atoms with Gasteiger partial charge in [0.1, 0.15) is 5.76 Å². The van der Waals surface area contributed by atoms with E-state index in [-0.39, 0.29) is 0 Å². The molecule has 0 radical (unpaired) electrons. The molecule has 15 heavy (non-hydrogen) atoms. The molecule has 0 N–H and O–H groups in total. The van der Waals surface area contributed by atoms with E-state index in [4.69, 9.17) is 4.42 Å². The zero-order chi connectivity index (χ0) is 10.8. The number of thiophene rings is 1. The van der Waals surface area contributed by atoms with Crippen molar-refractivity contribution in [1.82, 2.24) is 0 Å². The molecule has 0 aliphatic rings. The molecule has 1 nitrogen and oxygen atoms in total. The summed E-state index contributed by atoms with van der Waals surface area (Å²) in [5.41, 5.74) is 2.66. The molecular formula is C13H16OS. The highest BCUT2D eigenvalue weighted by Crippen LogP contribution is 2.31. The standard InChI is InChI=1S/C13H16OS/c1-4-10-5-12(14-7-10)13-6-11(8-15-13)9(2)3/h5-9H,4H2,1-3H3. The van der Waals surface area contributed by atoms with Crippen LogP contribution in [-0.2, 0) is 6.42 Å². The maximum atomic E-state index is 5.55. The van der Waals surface area contributed by atoms with Crippen LogP contribution in [0.3, 0.4) is 0 Å². The van der Waals surface area contributed by atoms with Crippen LogP contribution in [-0.4, -0.2) is 0 Å². The van der Waals surface area contributed by atoms with Gasteiger partial charge in [-0.15, -0.1) is 11.3 Å². The number of hydrogen-bond donors (Lipinski definition) is 0. The summed E-state index contributed by atoms with van der Waals surface area (Å²) in [6, 6.07) is 4.36. The first-order valence-electron chi connectivity index (χ1n) is 5.37. The van der Waals surface area contributed by atoms with Crippen LogP contribution < -0.4 is 0 Å². The van der Waals surface area contributed by atoms with Gasteiger partial charge in [0.05, 0.1) is 11.1 Å². The Morgan fingerprint density at radius 1 is 1.33 bits per heavy atom. The quantitative estimate of drug-likeness (QED) is 0.731. The molecule has 0 spiro atoms. The third-order valence-corrected chi connectivity index (χ3v) is 3.55. The van der Waals surface area contributed by atoms with Gasteiger partial charge in [0.15, 0.2) is 0 Å². The van der Waals surface area contributed by atoms with Gasteiger partial charge in [-0.3, -0.25) is 0 Å². The van der Waals surface area contributed by atoms with Crippen molar-refractivity contribution in [3.63, 3.8) is 0 Å². The number of hydrogen-bond acceptors (Lipinski definition) is 2. The molecule has 2 rings (SSSR count). The second-order valence-electron chi connectivity index (χ2n) is 4.07. The molecule has 0 atom stereocenters. The maximum Gasteiger partial charge on any atom is 0.144 e. The molecule has 80 valence electrons. The van der Waals surface area contributed by atoms with Crippen molar-refractivity contribution < 1.29 is 4.42 Å². The van der Waals surface area contributed by atoms with Crippen molar-refractivity contribution in [1.29, 1.82) is 0 Å². The average Bonchev–Trinajstić information content (AvgIpc) is 2.86. The van der Waals surface area contributed by atoms with Crippen LogP contribution in [0, 0.1) is 0 Å². The number of furan rings is 1. The Kier molecular flexibility index (Phi) is 2.96. The smallest absolute Gasteiger partial charge is 0.144 e. The first-order valence-corrected chi connectivity index (χ1v) is 6.25. The lowest BCUT2D eigenvalue weighted by molar-refractivity contribution is 0.580. The highest BCUT2D eigenvalue weighted by atomic mass is 32.1. The summed E-state index contributed by atoms with van der Waals surface area (Å²) in [6.07, 6.45) is 2.88. The number of aryl methyl sites for hydroxylation is 1. The minimum atomic E-state index is 0.593. The Morgan fingerprint density at radius 2 is 2.13 bits per heavy atom. The SMILES string of the molecule is CCc1coc(-c2cc(C(C)C)cs2)c1. The van der Waals surface area contributed by atoms with Crippen molar-refractivity contribution >= 4 is 11.3 Å². The lowest BCUT2D eigenvalue weighted by Crippen LogP contribution is -1.80. The summed E-state index contributed by atoms with van der Waals surface area (Å²) >= 11 is 1.76. The summed E-state index contributed by atoms with van der Waals surface area (Å²) in [6.45, 7) is 6.57. The Balaban J connectivity index is 2.28. The fourth-order valence-electron chi connectivity index (χ4n) is 1.47. The summed E-state index contributed by atoms with van der Waals surface area (Å²) < 4.78 is 5.55. The minimum Gasteiger partial charge on any atom is -0.463 e. The second kappa shape index (κ2) is 4.23. The molecule has 0 aliphatic carbocycles. The van der Waals surface area contributed by atoms with Crippen LogP contribution >= 0.6 is 11.3 Å². The van der Waals surface area contributed by atoms with Gasteiger partial charge in [-0.2, -0.15) is 0 Å². The van der Waals surface area contributed by atoms with Gasteiger partial charge in [0, 0.05) is 0 Å². The van der Waals surface area contributed by atoms with Crippen LogP contribution in [0.15, 0.2) is 28.2 Å². The van der Waals surface area contributed by atoms with Crippen LogP contribution in [0.5, 0.6) is 0 Å². The molecule has 0 bridgehead atoms. The van der Waals surface area contributed by atoms with Crippen LogP contribution in [0.25, 0.3) is 10.6 Å². The summed E-state index contributed by atoms with van der Waals surface area (Å²) in [4.78, 5) is 1.23. The Labute approximate surface area is 94.7 Å². The van der Waals surface area contributed by atoms with Crippen molar-refractivity contribution in [2.75, 3.05) is 0 Å². The van der Waals surface area contributed by atoms with Crippen LogP contribution in [0.1, 0.15) is 37.8 Å². The van der Waals surface area contributed by atoms with E-state index >= 15 is 0 Å². The molecule has 0 aromatic carbocycles. The Morgan fingerprint density at radius 3 is 2.67 bits per heavy atom. The van der Waals surface area contributed by atoms with E-state index in [2.05, 4.69) is 38.3 Å². The molecule has 0 saturated heterocycles. The second-order valence-corrected chi connectivity index (χ2v) is 4.98. The zero-order valence-corrected chi connectivity index (χ0v) is 10.2. The molecule has 2 heterocycles. The highest BCUT2D eigenvalue weighted by molar-refractivity contribution is 7.13. The van der Waals surface area contributed by atoms with Gasteiger partial charge in [0.2, 0.25) is 0 Å². The largest absolute Gasteiger partial charge is 0.463 e. The normalized spacial score (nSPS) is 11.2. The highest BCUT2D eigenvalue weighted by Gasteiger charge is 2.08. The van der Waals surface area contributed by atoms with Gasteiger partial charge >= 0.3 is 0 Å². The molecule has 0 amide bonds. The molecule has 0 fully saturated rings. The monoisotopic (exact) mass is 220 g/mol. The van der Waals surface area contributed by atoms with Crippen molar-refractivity contribution in [2.24, 2.45) is 0 Å². The fraction of sp³-hybridized carbons (Fsp3) is 0.385. The number of rotatable bonds is 3. The molecule has 0 saturated carbocycles. The lowest BCUT2D eigenvalue weighted by Gasteiger charge is -1.97. The predicted octanol–water partition coefficient (Wildman–Crippen LogP) is 4.69. The summed E-state index contributed by atoms with van der Waals surface area (Å²) in [5.74, 6) is 1.60. The van der Waals surface area contributed by atoms with Gasteiger partial charge in [0.25, 0.3) is 0 Å². The fourth-order valence-corrected chi connectivity index (χ4v) is 2.50. The Hall–Kier alpha value is -1.02. The van der Waals surface area contributed by atoms with E-state index in [1.165, 1.54) is 16.0 Å². The molecule has 2 heteroatoms. The van der Waals surface area contributed by atoms with E-state index in [0.717, 1.165) is 12.2 Å². The lowest BCUT2D eigenvalue weighted by atomic mass is 10.1. The van der Waals surface area contributed by atoms with E-state index in [0.29, 0.717) is 5.92 Å². The molecular weight excluding hydrogens is 204 g/mol. The zero-order valence-electron chi connectivity index (χ0n) is 9.41. The van der Waals surface area contributed by atoms with Gasteiger partial charge in [-0.25, -0.2) is 0 Å². The van der Waals surface area contributed by atoms with Crippen molar-refractivity contribution in [2.45, 2.75) is 33.1 Å². The summed E-state index contributed by atoms with van der Waals surface area (Å²) in [7, 11) is 0. The van der Waals surface area contributed by atoms with Crippen molar-refractivity contribution in [3.8, 4) is 10.6 Å². The predicted molar refractivity (Wildman–Crippen MR) is 65.5 cm³/mol. The van der Waals surface area contributed by atoms with E-state index in [1.807, 2.05) is 6.26 Å². The average molecular weight is 220 g/mol. The van der Waals surface area contributed by atoms with E-state index < -0.39 is 0 Å². The van der Waals surface area contributed by atoms with Gasteiger partial charge < -0.3 is 4.42 Å². The van der Waals surface area contributed by atoms with E-state index in [9.17, 15) is 0 Å². The minimum absolute atomic E-state index is 0.593. The Bertz CT molecular complexity index is 437. The first kappa shape index (κ1) is 10.5. The maximum absolute atomic E-state index is 5.55. The molecule has 2 aromatic heterocycles. The van der Waals surface area contributed by atoms with E-state index in [1.54, 1.807) is 11.3 Å². The van der Waals surface area contributed by atoms with Crippen molar-refractivity contribution in [3.05, 3.63) is 34.9 Å². The molecule has 0 aliphatic heterocycles. The van der Waals surface area contributed by atoms with Gasteiger partial charge in [-0.1, -0.05) is 20.8 Å². The summed E-state index contributed by atoms with van der Waals surface area (Å²) in [5, 5.41) is 2.22. The van der Waals surface area contributed by atoms with Crippen LogP contribution in [0.2, 0.25) is 0 Å². The topological polar surface area (TPSA) is 13.1 Å². The van der Waals surface area contributed by atoms with Crippen LogP contribution in [0.4, 0.5) is 0 Å². The molecule has 0 unspecified atom stereocenters. The molecule has 2 aromatic rings.